The number of methoxy groups -OCH3 is 1. The minimum absolute atomic E-state index is 0.153. The first-order valence-corrected chi connectivity index (χ1v) is 10.4. The van der Waals surface area contributed by atoms with Crippen LogP contribution in [0.5, 0.6) is 0 Å². The Morgan fingerprint density at radius 1 is 1.14 bits per heavy atom. The Bertz CT molecular complexity index is 672. The molecule has 5 heteroatoms. The number of allylic oxidation sites excluding steroid dienone is 2. The van der Waals surface area contributed by atoms with Crippen molar-refractivity contribution in [2.45, 2.75) is 57.6 Å². The molecule has 1 N–H and O–H groups in total. The van der Waals surface area contributed by atoms with Crippen LogP contribution in [0.15, 0.2) is 42.5 Å². The molecular weight excluding hydrogens is 354 g/mol. The second kappa shape index (κ2) is 10.3. The molecule has 0 aromatic heterocycles. The van der Waals surface area contributed by atoms with Gasteiger partial charge in [0.25, 0.3) is 0 Å². The van der Waals surface area contributed by atoms with Crippen LogP contribution in [0.4, 0.5) is 4.79 Å². The van der Waals surface area contributed by atoms with Crippen molar-refractivity contribution < 1.29 is 19.1 Å². The molecule has 0 aliphatic heterocycles. The number of esters is 1. The number of alkyl carbamates (subject to hydrolysis) is 1. The van der Waals surface area contributed by atoms with Crippen LogP contribution in [0.25, 0.3) is 0 Å². The highest BCUT2D eigenvalue weighted by atomic mass is 16.5. The van der Waals surface area contributed by atoms with E-state index in [9.17, 15) is 9.59 Å². The number of nitrogens with one attached hydrogen (secondary N) is 1. The van der Waals surface area contributed by atoms with Crippen LogP contribution in [0.2, 0.25) is 0 Å². The van der Waals surface area contributed by atoms with Gasteiger partial charge in [-0.3, -0.25) is 4.79 Å². The Labute approximate surface area is 167 Å². The van der Waals surface area contributed by atoms with E-state index >= 15 is 0 Å². The molecule has 2 fully saturated rings. The standard InChI is InChI=1S/C23H31NO4/c1-27-21(25)12-8-3-2-7-11-20-18-13-14-19(15-18)22(20)24-23(26)28-16-17-9-5-4-6-10-17/h2,4-7,9-10,18-20,22H,3,8,11-16H2,1H3,(H,24,26)/b7-2-/t18-,19+,20-,22+/m1/s1. The highest BCUT2D eigenvalue weighted by Gasteiger charge is 2.47. The smallest absolute Gasteiger partial charge is 0.407 e. The van der Waals surface area contributed by atoms with Gasteiger partial charge in [-0.2, -0.15) is 0 Å². The maximum absolute atomic E-state index is 12.3. The molecule has 2 aliphatic carbocycles. The van der Waals surface area contributed by atoms with Crippen molar-refractivity contribution in [3.8, 4) is 0 Å². The molecule has 5 nitrogen and oxygen atoms in total. The molecule has 0 radical (unpaired) electrons. The summed E-state index contributed by atoms with van der Waals surface area (Å²) in [6, 6.07) is 9.96. The van der Waals surface area contributed by atoms with Crippen LogP contribution in [0.1, 0.15) is 50.5 Å². The van der Waals surface area contributed by atoms with Gasteiger partial charge in [-0.05, 0) is 61.8 Å². The molecule has 0 saturated heterocycles. The Balaban J connectivity index is 1.43. The largest absolute Gasteiger partial charge is 0.469 e. The summed E-state index contributed by atoms with van der Waals surface area (Å²) in [6.45, 7) is 0.304. The van der Waals surface area contributed by atoms with Crippen LogP contribution < -0.4 is 5.32 Å². The molecule has 0 spiro atoms. The highest BCUT2D eigenvalue weighted by Crippen LogP contribution is 2.49. The molecule has 2 bridgehead atoms. The number of unbranched alkanes of at least 4 members (excludes halogenated alkanes) is 1. The third kappa shape index (κ3) is 5.60. The summed E-state index contributed by atoms with van der Waals surface area (Å²) < 4.78 is 10.1. The molecule has 28 heavy (non-hydrogen) atoms. The Morgan fingerprint density at radius 3 is 2.71 bits per heavy atom. The summed E-state index contributed by atoms with van der Waals surface area (Å²) in [4.78, 5) is 23.4. The summed E-state index contributed by atoms with van der Waals surface area (Å²) >= 11 is 0. The fourth-order valence-electron chi connectivity index (χ4n) is 4.71. The van der Waals surface area contributed by atoms with Crippen LogP contribution in [0.3, 0.4) is 0 Å². The van der Waals surface area contributed by atoms with Crippen molar-refractivity contribution in [3.05, 3.63) is 48.0 Å². The van der Waals surface area contributed by atoms with Crippen LogP contribution in [0, 0.1) is 17.8 Å². The van der Waals surface area contributed by atoms with Gasteiger partial charge in [-0.25, -0.2) is 4.79 Å². The van der Waals surface area contributed by atoms with Gasteiger partial charge in [0.2, 0.25) is 0 Å². The van der Waals surface area contributed by atoms with Gasteiger partial charge in [0.15, 0.2) is 0 Å². The minimum atomic E-state index is -0.312. The van der Waals surface area contributed by atoms with Crippen molar-refractivity contribution in [2.75, 3.05) is 7.11 Å². The molecule has 1 aromatic carbocycles. The van der Waals surface area contributed by atoms with E-state index < -0.39 is 0 Å². The zero-order valence-electron chi connectivity index (χ0n) is 16.6. The summed E-state index contributed by atoms with van der Waals surface area (Å²) in [7, 11) is 1.42. The van der Waals surface area contributed by atoms with Gasteiger partial charge < -0.3 is 14.8 Å². The first-order chi connectivity index (χ1) is 13.7. The molecule has 0 heterocycles. The third-order valence-corrected chi connectivity index (χ3v) is 6.14. The number of carbonyl (C=O) groups is 2. The lowest BCUT2D eigenvalue weighted by molar-refractivity contribution is -0.140. The predicted molar refractivity (Wildman–Crippen MR) is 107 cm³/mol. The van der Waals surface area contributed by atoms with E-state index in [1.54, 1.807) is 0 Å². The molecule has 3 rings (SSSR count). The molecule has 0 unspecified atom stereocenters. The lowest BCUT2D eigenvalue weighted by Gasteiger charge is -2.30. The maximum atomic E-state index is 12.3. The van der Waals surface area contributed by atoms with Crippen molar-refractivity contribution in [1.82, 2.24) is 5.32 Å². The molecule has 4 atom stereocenters. The zero-order chi connectivity index (χ0) is 19.8. The molecular formula is C23H31NO4. The number of hydrogen-bond donors (Lipinski definition) is 1. The first-order valence-electron chi connectivity index (χ1n) is 10.4. The lowest BCUT2D eigenvalue weighted by Crippen LogP contribution is -2.44. The summed E-state index contributed by atoms with van der Waals surface area (Å²) in [5.74, 6) is 1.61. The summed E-state index contributed by atoms with van der Waals surface area (Å²) in [5, 5.41) is 3.15. The van der Waals surface area contributed by atoms with Gasteiger partial charge in [0.1, 0.15) is 6.61 Å². The summed E-state index contributed by atoms with van der Waals surface area (Å²) in [5.41, 5.74) is 0.997. The first kappa shape index (κ1) is 20.4. The molecule has 152 valence electrons. The lowest BCUT2D eigenvalue weighted by atomic mass is 9.82. The third-order valence-electron chi connectivity index (χ3n) is 6.14. The second-order valence-electron chi connectivity index (χ2n) is 7.90. The number of hydrogen-bond acceptors (Lipinski definition) is 4. The SMILES string of the molecule is COC(=O)CCC/C=C\C[C@@H]1[C@@H]2CC[C@@H](C2)[C@@H]1NC(=O)OCc1ccccc1. The Kier molecular flexibility index (Phi) is 7.52. The fourth-order valence-corrected chi connectivity index (χ4v) is 4.71. The average molecular weight is 386 g/mol. The quantitative estimate of drug-likeness (QED) is 0.383. The van der Waals surface area contributed by atoms with Crippen LogP contribution >= 0.6 is 0 Å². The number of benzene rings is 1. The Hall–Kier alpha value is -2.30. The second-order valence-corrected chi connectivity index (χ2v) is 7.90. The van der Waals surface area contributed by atoms with Crippen molar-refractivity contribution in [1.29, 1.82) is 0 Å². The molecule has 1 aromatic rings. The van der Waals surface area contributed by atoms with Gasteiger partial charge in [0.05, 0.1) is 7.11 Å². The topological polar surface area (TPSA) is 64.6 Å². The van der Waals surface area contributed by atoms with E-state index in [4.69, 9.17) is 4.74 Å². The molecule has 2 saturated carbocycles. The van der Waals surface area contributed by atoms with Crippen molar-refractivity contribution >= 4 is 12.1 Å². The monoisotopic (exact) mass is 385 g/mol. The predicted octanol–water partition coefficient (Wildman–Crippen LogP) is 4.62. The molecule has 1 amide bonds. The van der Waals surface area contributed by atoms with Gasteiger partial charge in [0, 0.05) is 12.5 Å². The summed E-state index contributed by atoms with van der Waals surface area (Å²) in [6.07, 6.45) is 10.9. The molecule has 2 aliphatic rings. The van der Waals surface area contributed by atoms with Gasteiger partial charge in [-0.1, -0.05) is 42.5 Å². The number of ether oxygens (including phenoxy) is 2. The van der Waals surface area contributed by atoms with E-state index in [1.807, 2.05) is 30.3 Å². The van der Waals surface area contributed by atoms with E-state index in [2.05, 4.69) is 22.2 Å². The van der Waals surface area contributed by atoms with Crippen molar-refractivity contribution in [3.63, 3.8) is 0 Å². The number of amides is 1. The van der Waals surface area contributed by atoms with E-state index in [0.717, 1.165) is 24.8 Å². The highest BCUT2D eigenvalue weighted by molar-refractivity contribution is 5.69. The normalized spacial score (nSPS) is 25.8. The van der Waals surface area contributed by atoms with Crippen LogP contribution in [-0.2, 0) is 20.9 Å². The maximum Gasteiger partial charge on any atom is 0.407 e. The van der Waals surface area contributed by atoms with Crippen molar-refractivity contribution in [2.24, 2.45) is 17.8 Å². The number of fused-ring (bicyclic) bond motifs is 2. The minimum Gasteiger partial charge on any atom is -0.469 e. The van der Waals surface area contributed by atoms with E-state index in [0.29, 0.717) is 30.8 Å². The number of carbonyl (C=O) groups excluding carboxylic acids is 2. The zero-order valence-corrected chi connectivity index (χ0v) is 16.6. The fraction of sp³-hybridized carbons (Fsp3) is 0.565. The number of rotatable bonds is 9. The Morgan fingerprint density at radius 2 is 1.93 bits per heavy atom. The van der Waals surface area contributed by atoms with E-state index in [1.165, 1.54) is 26.4 Å². The van der Waals surface area contributed by atoms with E-state index in [-0.39, 0.29) is 18.1 Å². The average Bonchev–Trinajstić information content (AvgIpc) is 3.32. The van der Waals surface area contributed by atoms with Crippen LogP contribution in [-0.4, -0.2) is 25.2 Å². The van der Waals surface area contributed by atoms with Gasteiger partial charge >= 0.3 is 12.1 Å². The van der Waals surface area contributed by atoms with Gasteiger partial charge in [-0.15, -0.1) is 0 Å².